The first-order chi connectivity index (χ1) is 9.24. The molecule has 0 aromatic heterocycles. The molecule has 0 aliphatic heterocycles. The lowest BCUT2D eigenvalue weighted by Gasteiger charge is -2.26. The number of hydrogen-bond acceptors (Lipinski definition) is 4. The molecule has 1 saturated carbocycles. The van der Waals surface area contributed by atoms with E-state index in [4.69, 9.17) is 9.47 Å². The molecule has 1 aromatic carbocycles. The lowest BCUT2D eigenvalue weighted by Crippen LogP contribution is -2.49. The Morgan fingerprint density at radius 1 is 1.47 bits per heavy atom. The van der Waals surface area contributed by atoms with E-state index in [1.54, 1.807) is 7.11 Å². The molecule has 0 heterocycles. The largest absolute Gasteiger partial charge is 0.491 e. The van der Waals surface area contributed by atoms with Gasteiger partial charge in [0, 0.05) is 7.11 Å². The molecule has 1 atom stereocenters. The normalized spacial score (nSPS) is 17.5. The van der Waals surface area contributed by atoms with E-state index in [2.05, 4.69) is 11.4 Å². The van der Waals surface area contributed by atoms with Crippen molar-refractivity contribution in [3.63, 3.8) is 0 Å². The number of methoxy groups -OCH3 is 1. The van der Waals surface area contributed by atoms with E-state index in [-0.39, 0.29) is 0 Å². The topological polar surface area (TPSA) is 54.3 Å². The zero-order valence-electron chi connectivity index (χ0n) is 11.5. The Bertz CT molecular complexity index is 465. The Labute approximate surface area is 114 Å². The molecule has 0 amide bonds. The third-order valence-corrected chi connectivity index (χ3v) is 3.60. The molecule has 102 valence electrons. The molecule has 0 spiro atoms. The molecule has 4 heteroatoms. The summed E-state index contributed by atoms with van der Waals surface area (Å²) in [5.74, 6) is 1.19. The highest BCUT2D eigenvalue weighted by molar-refractivity contribution is 5.29. The van der Waals surface area contributed by atoms with Gasteiger partial charge in [-0.25, -0.2) is 0 Å². The van der Waals surface area contributed by atoms with Gasteiger partial charge < -0.3 is 9.47 Å². The average Bonchev–Trinajstić information content (AvgIpc) is 3.27. The second-order valence-corrected chi connectivity index (χ2v) is 4.98. The number of nitrogens with zero attached hydrogens (tertiary/aromatic N) is 1. The fourth-order valence-electron chi connectivity index (χ4n) is 2.24. The molecule has 1 aliphatic rings. The summed E-state index contributed by atoms with van der Waals surface area (Å²) in [4.78, 5) is 0. The van der Waals surface area contributed by atoms with Crippen molar-refractivity contribution in [2.45, 2.75) is 25.0 Å². The highest BCUT2D eigenvalue weighted by atomic mass is 16.5. The van der Waals surface area contributed by atoms with E-state index in [9.17, 15) is 5.26 Å². The maximum Gasteiger partial charge on any atom is 0.143 e. The maximum absolute atomic E-state index is 9.39. The molecule has 19 heavy (non-hydrogen) atoms. The van der Waals surface area contributed by atoms with Crippen molar-refractivity contribution in [3.05, 3.63) is 29.8 Å². The third kappa shape index (κ3) is 3.25. The Kier molecular flexibility index (Phi) is 4.41. The van der Waals surface area contributed by atoms with Gasteiger partial charge in [0.05, 0.1) is 12.7 Å². The van der Waals surface area contributed by atoms with Gasteiger partial charge in [-0.2, -0.15) is 5.26 Å². The lowest BCUT2D eigenvalue weighted by molar-refractivity contribution is 0.183. The van der Waals surface area contributed by atoms with E-state index < -0.39 is 5.54 Å². The zero-order chi connectivity index (χ0) is 13.7. The van der Waals surface area contributed by atoms with Crippen molar-refractivity contribution in [2.24, 2.45) is 5.92 Å². The molecule has 0 bridgehead atoms. The standard InChI is InChI=1S/C15H20N2O2/c1-17-15(10-16,13-6-7-13)11-19-14-5-3-4-12(8-14)9-18-2/h3-5,8,13,17H,6-7,9,11H2,1-2H3. The van der Waals surface area contributed by atoms with Crippen LogP contribution in [0.2, 0.25) is 0 Å². The fraction of sp³-hybridized carbons (Fsp3) is 0.533. The van der Waals surface area contributed by atoms with Crippen molar-refractivity contribution in [2.75, 3.05) is 20.8 Å². The van der Waals surface area contributed by atoms with E-state index in [1.807, 2.05) is 31.3 Å². The number of benzene rings is 1. The van der Waals surface area contributed by atoms with Crippen LogP contribution in [-0.2, 0) is 11.3 Å². The van der Waals surface area contributed by atoms with Crippen LogP contribution in [0.4, 0.5) is 0 Å². The van der Waals surface area contributed by atoms with Crippen LogP contribution in [0.1, 0.15) is 18.4 Å². The predicted octanol–water partition coefficient (Wildman–Crippen LogP) is 2.10. The molecule has 0 saturated heterocycles. The Balaban J connectivity index is 2.01. The molecule has 1 N–H and O–H groups in total. The van der Waals surface area contributed by atoms with Crippen molar-refractivity contribution in [3.8, 4) is 11.8 Å². The maximum atomic E-state index is 9.39. The Hall–Kier alpha value is -1.57. The Morgan fingerprint density at radius 2 is 2.26 bits per heavy atom. The SMILES string of the molecule is CNC(C#N)(COc1cccc(COC)c1)C1CC1. The molecule has 0 radical (unpaired) electrons. The number of ether oxygens (including phenoxy) is 2. The molecule has 1 aromatic rings. The summed E-state index contributed by atoms with van der Waals surface area (Å²) in [7, 11) is 3.49. The molecular formula is C15H20N2O2. The minimum absolute atomic E-state index is 0.376. The summed E-state index contributed by atoms with van der Waals surface area (Å²) >= 11 is 0. The number of nitrogens with one attached hydrogen (secondary N) is 1. The van der Waals surface area contributed by atoms with Crippen LogP contribution in [0, 0.1) is 17.2 Å². The number of nitriles is 1. The summed E-state index contributed by atoms with van der Waals surface area (Å²) in [5.41, 5.74) is 0.510. The molecule has 1 aliphatic carbocycles. The number of hydrogen-bond donors (Lipinski definition) is 1. The van der Waals surface area contributed by atoms with E-state index in [0.717, 1.165) is 24.2 Å². The van der Waals surface area contributed by atoms with Crippen LogP contribution in [0.25, 0.3) is 0 Å². The quantitative estimate of drug-likeness (QED) is 0.815. The smallest absolute Gasteiger partial charge is 0.143 e. The van der Waals surface area contributed by atoms with Crippen LogP contribution in [0.15, 0.2) is 24.3 Å². The van der Waals surface area contributed by atoms with Crippen LogP contribution >= 0.6 is 0 Å². The first kappa shape index (κ1) is 13.9. The first-order valence-electron chi connectivity index (χ1n) is 6.55. The molecule has 1 unspecified atom stereocenters. The predicted molar refractivity (Wildman–Crippen MR) is 72.8 cm³/mol. The van der Waals surface area contributed by atoms with Gasteiger partial charge in [0.25, 0.3) is 0 Å². The highest BCUT2D eigenvalue weighted by Gasteiger charge is 2.45. The van der Waals surface area contributed by atoms with Gasteiger partial charge in [-0.15, -0.1) is 0 Å². The van der Waals surface area contributed by atoms with Crippen LogP contribution in [0.3, 0.4) is 0 Å². The number of rotatable bonds is 7. The third-order valence-electron chi connectivity index (χ3n) is 3.60. The fourth-order valence-corrected chi connectivity index (χ4v) is 2.24. The second-order valence-electron chi connectivity index (χ2n) is 4.98. The van der Waals surface area contributed by atoms with Gasteiger partial charge in [-0.05, 0) is 43.5 Å². The molecule has 1 fully saturated rings. The van der Waals surface area contributed by atoms with Gasteiger partial charge in [0.15, 0.2) is 0 Å². The van der Waals surface area contributed by atoms with Gasteiger partial charge in [0.1, 0.15) is 17.9 Å². The van der Waals surface area contributed by atoms with E-state index in [1.165, 1.54) is 0 Å². The highest BCUT2D eigenvalue weighted by Crippen LogP contribution is 2.39. The summed E-state index contributed by atoms with van der Waals surface area (Å²) in [6.07, 6.45) is 2.20. The summed E-state index contributed by atoms with van der Waals surface area (Å²) in [6.45, 7) is 0.941. The molecular weight excluding hydrogens is 240 g/mol. The van der Waals surface area contributed by atoms with Gasteiger partial charge in [-0.1, -0.05) is 12.1 Å². The second kappa shape index (κ2) is 6.05. The molecule has 2 rings (SSSR count). The van der Waals surface area contributed by atoms with Crippen LogP contribution < -0.4 is 10.1 Å². The van der Waals surface area contributed by atoms with E-state index in [0.29, 0.717) is 19.1 Å². The van der Waals surface area contributed by atoms with Crippen molar-refractivity contribution in [1.82, 2.24) is 5.32 Å². The van der Waals surface area contributed by atoms with Gasteiger partial charge in [-0.3, -0.25) is 5.32 Å². The zero-order valence-corrected chi connectivity index (χ0v) is 11.5. The summed E-state index contributed by atoms with van der Waals surface area (Å²) in [6, 6.07) is 10.2. The monoisotopic (exact) mass is 260 g/mol. The van der Waals surface area contributed by atoms with Crippen molar-refractivity contribution >= 4 is 0 Å². The van der Waals surface area contributed by atoms with Crippen LogP contribution in [-0.4, -0.2) is 26.3 Å². The lowest BCUT2D eigenvalue weighted by atomic mass is 9.96. The van der Waals surface area contributed by atoms with Gasteiger partial charge >= 0.3 is 0 Å². The van der Waals surface area contributed by atoms with Gasteiger partial charge in [0.2, 0.25) is 0 Å². The van der Waals surface area contributed by atoms with E-state index >= 15 is 0 Å². The summed E-state index contributed by atoms with van der Waals surface area (Å²) in [5, 5.41) is 12.5. The van der Waals surface area contributed by atoms with Crippen LogP contribution in [0.5, 0.6) is 5.75 Å². The average molecular weight is 260 g/mol. The minimum Gasteiger partial charge on any atom is -0.491 e. The Morgan fingerprint density at radius 3 is 2.84 bits per heavy atom. The number of likely N-dealkylation sites (N-methyl/N-ethyl adjacent to an activating group) is 1. The summed E-state index contributed by atoms with van der Waals surface area (Å²) < 4.78 is 10.9. The molecule has 4 nitrogen and oxygen atoms in total. The minimum atomic E-state index is -0.558. The van der Waals surface area contributed by atoms with Crippen molar-refractivity contribution < 1.29 is 9.47 Å². The first-order valence-corrected chi connectivity index (χ1v) is 6.55. The van der Waals surface area contributed by atoms with Crippen molar-refractivity contribution in [1.29, 1.82) is 5.26 Å².